The van der Waals surface area contributed by atoms with Crippen molar-refractivity contribution in [3.63, 3.8) is 0 Å². The monoisotopic (exact) mass is 256 g/mol. The second-order valence-corrected chi connectivity index (χ2v) is 5.65. The predicted octanol–water partition coefficient (Wildman–Crippen LogP) is 3.11. The van der Waals surface area contributed by atoms with Crippen LogP contribution in [0.4, 0.5) is 5.69 Å². The maximum atomic E-state index is 5.90. The number of anilines is 1. The van der Waals surface area contributed by atoms with Gasteiger partial charge in [0, 0.05) is 27.9 Å². The summed E-state index contributed by atoms with van der Waals surface area (Å²) >= 11 is 7.67. The van der Waals surface area contributed by atoms with Gasteiger partial charge in [0.1, 0.15) is 0 Å². The Hall–Kier alpha value is -0.380. The topological polar surface area (TPSA) is 29.3 Å². The van der Waals surface area contributed by atoms with Crippen molar-refractivity contribution in [3.8, 4) is 0 Å². The Bertz CT molecular complexity index is 351. The summed E-state index contributed by atoms with van der Waals surface area (Å²) < 4.78 is 0. The van der Waals surface area contributed by atoms with Gasteiger partial charge in [0.05, 0.1) is 0 Å². The first kappa shape index (κ1) is 12.1. The third-order valence-corrected chi connectivity index (χ3v) is 4.14. The van der Waals surface area contributed by atoms with Crippen LogP contribution in [0.3, 0.4) is 0 Å². The second kappa shape index (κ2) is 5.80. The predicted molar refractivity (Wildman–Crippen MR) is 72.3 cm³/mol. The summed E-state index contributed by atoms with van der Waals surface area (Å²) in [6.45, 7) is 3.68. The number of thioether (sulfide) groups is 1. The van der Waals surface area contributed by atoms with E-state index in [1.807, 2.05) is 30.0 Å². The van der Waals surface area contributed by atoms with E-state index >= 15 is 0 Å². The van der Waals surface area contributed by atoms with Crippen LogP contribution in [-0.4, -0.2) is 30.3 Å². The molecule has 0 bridgehead atoms. The van der Waals surface area contributed by atoms with Gasteiger partial charge in [0.2, 0.25) is 0 Å². The van der Waals surface area contributed by atoms with Crippen molar-refractivity contribution in [2.75, 3.05) is 31.1 Å². The Labute approximate surface area is 106 Å². The van der Waals surface area contributed by atoms with Gasteiger partial charge in [-0.15, -0.1) is 11.8 Å². The summed E-state index contributed by atoms with van der Waals surface area (Å²) in [4.78, 5) is 3.66. The molecule has 0 aliphatic carbocycles. The molecule has 2 rings (SSSR count). The van der Waals surface area contributed by atoms with E-state index < -0.39 is 0 Å². The minimum absolute atomic E-state index is 0.710. The maximum Gasteiger partial charge on any atom is 0.0467 e. The van der Waals surface area contributed by atoms with Gasteiger partial charge >= 0.3 is 0 Å². The van der Waals surface area contributed by atoms with Crippen LogP contribution >= 0.6 is 23.4 Å². The molecule has 0 atom stereocenters. The van der Waals surface area contributed by atoms with E-state index in [0.29, 0.717) is 5.02 Å². The molecule has 1 aromatic carbocycles. The Morgan fingerprint density at radius 1 is 1.31 bits per heavy atom. The van der Waals surface area contributed by atoms with Crippen molar-refractivity contribution >= 4 is 29.1 Å². The van der Waals surface area contributed by atoms with Crippen LogP contribution in [0.15, 0.2) is 23.1 Å². The molecule has 0 unspecified atom stereocenters. The van der Waals surface area contributed by atoms with Crippen molar-refractivity contribution in [2.24, 2.45) is 0 Å². The fourth-order valence-electron chi connectivity index (χ4n) is 1.94. The van der Waals surface area contributed by atoms with E-state index in [2.05, 4.69) is 4.90 Å². The van der Waals surface area contributed by atoms with Gasteiger partial charge in [-0.05, 0) is 44.1 Å². The Kier molecular flexibility index (Phi) is 4.38. The highest BCUT2D eigenvalue weighted by Gasteiger charge is 2.10. The van der Waals surface area contributed by atoms with Crippen molar-refractivity contribution < 1.29 is 0 Å². The number of halogens is 1. The second-order valence-electron chi connectivity index (χ2n) is 4.08. The fraction of sp³-hybridized carbons (Fsp3) is 0.500. The normalized spacial score (nSPS) is 16.8. The van der Waals surface area contributed by atoms with Gasteiger partial charge < -0.3 is 10.6 Å². The highest BCUT2D eigenvalue weighted by Crippen LogP contribution is 2.27. The maximum absolute atomic E-state index is 5.90. The molecule has 0 spiro atoms. The van der Waals surface area contributed by atoms with Crippen LogP contribution < -0.4 is 5.73 Å². The first-order valence-corrected chi connectivity index (χ1v) is 7.02. The van der Waals surface area contributed by atoms with Crippen LogP contribution in [0.2, 0.25) is 5.02 Å². The van der Waals surface area contributed by atoms with Crippen LogP contribution in [0.5, 0.6) is 0 Å². The van der Waals surface area contributed by atoms with Crippen LogP contribution in [0.1, 0.15) is 12.8 Å². The standard InChI is InChI=1S/C12H17ClN2S/c13-10-3-4-12(11(14)9-10)16-8-7-15-5-1-2-6-15/h3-4,9H,1-2,5-8,14H2. The average molecular weight is 257 g/mol. The zero-order valence-corrected chi connectivity index (χ0v) is 10.9. The molecule has 88 valence electrons. The fourth-order valence-corrected chi connectivity index (χ4v) is 3.08. The van der Waals surface area contributed by atoms with Gasteiger partial charge in [-0.2, -0.15) is 0 Å². The third kappa shape index (κ3) is 3.30. The van der Waals surface area contributed by atoms with Gasteiger partial charge in [-0.3, -0.25) is 0 Å². The lowest BCUT2D eigenvalue weighted by Gasteiger charge is -2.14. The minimum atomic E-state index is 0.710. The minimum Gasteiger partial charge on any atom is -0.398 e. The summed E-state index contributed by atoms with van der Waals surface area (Å²) in [5, 5.41) is 0.710. The van der Waals surface area contributed by atoms with Crippen molar-refractivity contribution in [2.45, 2.75) is 17.7 Å². The summed E-state index contributed by atoms with van der Waals surface area (Å²) in [7, 11) is 0. The van der Waals surface area contributed by atoms with E-state index in [1.165, 1.54) is 25.9 Å². The van der Waals surface area contributed by atoms with Crippen molar-refractivity contribution in [3.05, 3.63) is 23.2 Å². The number of hydrogen-bond acceptors (Lipinski definition) is 3. The molecule has 0 saturated carbocycles. The highest BCUT2D eigenvalue weighted by atomic mass is 35.5. The Morgan fingerprint density at radius 3 is 2.75 bits per heavy atom. The van der Waals surface area contributed by atoms with E-state index in [4.69, 9.17) is 17.3 Å². The number of nitrogen functional groups attached to an aromatic ring is 1. The smallest absolute Gasteiger partial charge is 0.0467 e. The van der Waals surface area contributed by atoms with Crippen molar-refractivity contribution in [1.29, 1.82) is 0 Å². The van der Waals surface area contributed by atoms with E-state index in [0.717, 1.165) is 22.9 Å². The largest absolute Gasteiger partial charge is 0.398 e. The highest BCUT2D eigenvalue weighted by molar-refractivity contribution is 7.99. The molecule has 1 aliphatic heterocycles. The molecule has 0 aromatic heterocycles. The molecule has 1 saturated heterocycles. The quantitative estimate of drug-likeness (QED) is 0.663. The Balaban J connectivity index is 1.80. The lowest BCUT2D eigenvalue weighted by Crippen LogP contribution is -2.21. The van der Waals surface area contributed by atoms with E-state index in [1.54, 1.807) is 0 Å². The molecular formula is C12H17ClN2S. The lowest BCUT2D eigenvalue weighted by atomic mass is 10.3. The molecule has 1 aliphatic rings. The molecule has 1 fully saturated rings. The van der Waals surface area contributed by atoms with Crippen LogP contribution in [0, 0.1) is 0 Å². The van der Waals surface area contributed by atoms with E-state index in [-0.39, 0.29) is 0 Å². The summed E-state index contributed by atoms with van der Waals surface area (Å²) in [5.74, 6) is 1.10. The number of nitrogens with zero attached hydrogens (tertiary/aromatic N) is 1. The SMILES string of the molecule is Nc1cc(Cl)ccc1SCCN1CCCC1. The molecule has 4 heteroatoms. The van der Waals surface area contributed by atoms with Crippen molar-refractivity contribution in [1.82, 2.24) is 4.90 Å². The molecule has 2 N–H and O–H groups in total. The molecule has 1 heterocycles. The number of likely N-dealkylation sites (tertiary alicyclic amines) is 1. The zero-order chi connectivity index (χ0) is 11.4. The van der Waals surface area contributed by atoms with Crippen LogP contribution in [-0.2, 0) is 0 Å². The van der Waals surface area contributed by atoms with E-state index in [9.17, 15) is 0 Å². The molecule has 1 aromatic rings. The molecule has 2 nitrogen and oxygen atoms in total. The number of benzene rings is 1. The molecule has 16 heavy (non-hydrogen) atoms. The van der Waals surface area contributed by atoms with Gasteiger partial charge in [-0.25, -0.2) is 0 Å². The Morgan fingerprint density at radius 2 is 2.06 bits per heavy atom. The third-order valence-electron chi connectivity index (χ3n) is 2.84. The molecular weight excluding hydrogens is 240 g/mol. The van der Waals surface area contributed by atoms with Gasteiger partial charge in [0.15, 0.2) is 0 Å². The first-order chi connectivity index (χ1) is 7.75. The lowest BCUT2D eigenvalue weighted by molar-refractivity contribution is 0.362. The van der Waals surface area contributed by atoms with Crippen LogP contribution in [0.25, 0.3) is 0 Å². The number of rotatable bonds is 4. The summed E-state index contributed by atoms with van der Waals surface area (Å²) in [5.41, 5.74) is 6.69. The van der Waals surface area contributed by atoms with Gasteiger partial charge in [-0.1, -0.05) is 11.6 Å². The summed E-state index contributed by atoms with van der Waals surface area (Å²) in [6.07, 6.45) is 2.71. The molecule has 0 amide bonds. The average Bonchev–Trinajstić information content (AvgIpc) is 2.74. The first-order valence-electron chi connectivity index (χ1n) is 5.66. The molecule has 0 radical (unpaired) electrons. The van der Waals surface area contributed by atoms with Gasteiger partial charge in [0.25, 0.3) is 0 Å². The zero-order valence-electron chi connectivity index (χ0n) is 9.29. The summed E-state index contributed by atoms with van der Waals surface area (Å²) in [6, 6.07) is 5.72. The number of hydrogen-bond donors (Lipinski definition) is 1. The number of nitrogens with two attached hydrogens (primary N) is 1.